The highest BCUT2D eigenvalue weighted by Crippen LogP contribution is 2.36. The van der Waals surface area contributed by atoms with E-state index < -0.39 is 31.1 Å². The van der Waals surface area contributed by atoms with Gasteiger partial charge in [-0.2, -0.15) is 26.3 Å². The number of rotatable bonds is 7. The third kappa shape index (κ3) is 8.27. The number of methoxy groups -OCH3 is 1. The largest absolute Gasteiger partial charge is 0.480 e. The molecule has 0 saturated heterocycles. The average molecular weight is 447 g/mol. The van der Waals surface area contributed by atoms with Crippen LogP contribution in [0.1, 0.15) is 0 Å². The van der Waals surface area contributed by atoms with Crippen molar-refractivity contribution in [2.75, 3.05) is 13.7 Å². The van der Waals surface area contributed by atoms with Gasteiger partial charge in [-0.25, -0.2) is 26.0 Å². The fraction of sp³-hybridized carbons (Fsp3) is 0.545. The molecule has 0 spiro atoms. The van der Waals surface area contributed by atoms with Crippen molar-refractivity contribution in [2.24, 2.45) is 0 Å². The van der Waals surface area contributed by atoms with Crippen LogP contribution >= 0.6 is 0 Å². The zero-order valence-corrected chi connectivity index (χ0v) is 15.2. The summed E-state index contributed by atoms with van der Waals surface area (Å²) in [5, 5.41) is 0. The third-order valence-electron chi connectivity index (χ3n) is 2.42. The van der Waals surface area contributed by atoms with E-state index in [2.05, 4.69) is 15.7 Å². The lowest BCUT2D eigenvalue weighted by molar-refractivity contribution is -0.697. The van der Waals surface area contributed by atoms with E-state index >= 15 is 0 Å². The Labute approximate surface area is 151 Å². The van der Waals surface area contributed by atoms with Gasteiger partial charge in [-0.15, -0.1) is 0 Å². The predicted octanol–water partition coefficient (Wildman–Crippen LogP) is 1.67. The molecule has 0 aromatic carbocycles. The Morgan fingerprint density at radius 3 is 1.96 bits per heavy atom. The van der Waals surface area contributed by atoms with Gasteiger partial charge in [0, 0.05) is 7.11 Å². The first kappa shape index (κ1) is 25.3. The van der Waals surface area contributed by atoms with Crippen LogP contribution in [0.3, 0.4) is 0 Å². The van der Waals surface area contributed by atoms with Crippen molar-refractivity contribution < 1.29 is 52.5 Å². The number of allylic oxidation sites excluding steroid dienone is 1. The number of sulfonamides is 2. The molecule has 27 heavy (non-hydrogen) atoms. The van der Waals surface area contributed by atoms with Gasteiger partial charge in [0.05, 0.1) is 6.61 Å². The van der Waals surface area contributed by atoms with Crippen molar-refractivity contribution in [3.05, 3.63) is 35.5 Å². The maximum Gasteiger partial charge on any atom is 0.480 e. The summed E-state index contributed by atoms with van der Waals surface area (Å²) >= 11 is 0. The zero-order valence-electron chi connectivity index (χ0n) is 13.6. The third-order valence-corrected chi connectivity index (χ3v) is 5.16. The molecule has 0 aliphatic heterocycles. The molecule has 1 heterocycles. The number of ether oxygens (including phenoxy) is 1. The summed E-state index contributed by atoms with van der Waals surface area (Å²) in [6.07, 6.45) is 7.97. The number of hydrogen-bond donors (Lipinski definition) is 0. The number of alkyl halides is 6. The van der Waals surface area contributed by atoms with Gasteiger partial charge in [0.25, 0.3) is 0 Å². The van der Waals surface area contributed by atoms with Crippen LogP contribution in [0.2, 0.25) is 0 Å². The SMILES string of the molecule is C=CCn1cc[n+](CCOC)c1.O=S(=O)([N-]S(=O)(=O)C(F)(F)F)C(F)(F)F. The minimum absolute atomic E-state index is 0.753. The Kier molecular flexibility index (Phi) is 8.94. The second kappa shape index (κ2) is 9.52. The average Bonchev–Trinajstić information content (AvgIpc) is 2.90. The quantitative estimate of drug-likeness (QED) is 0.360. The molecule has 1 aromatic rings. The van der Waals surface area contributed by atoms with Crippen molar-refractivity contribution >= 4 is 20.0 Å². The van der Waals surface area contributed by atoms with Crippen molar-refractivity contribution in [1.29, 1.82) is 0 Å². The van der Waals surface area contributed by atoms with Crippen molar-refractivity contribution in [3.8, 4) is 0 Å². The smallest absolute Gasteiger partial charge is 0.421 e. The van der Waals surface area contributed by atoms with E-state index in [9.17, 15) is 43.2 Å². The summed E-state index contributed by atoms with van der Waals surface area (Å²) < 4.78 is 118. The van der Waals surface area contributed by atoms with E-state index in [1.165, 1.54) is 0 Å². The Morgan fingerprint density at radius 1 is 1.11 bits per heavy atom. The molecule has 1 aromatic heterocycles. The number of nitrogens with zero attached hydrogens (tertiary/aromatic N) is 3. The maximum absolute atomic E-state index is 11.4. The van der Waals surface area contributed by atoms with Gasteiger partial charge < -0.3 is 8.86 Å². The molecule has 0 saturated carbocycles. The van der Waals surface area contributed by atoms with Gasteiger partial charge >= 0.3 is 11.0 Å². The van der Waals surface area contributed by atoms with Crippen LogP contribution in [0.4, 0.5) is 26.3 Å². The van der Waals surface area contributed by atoms with Crippen LogP contribution < -0.4 is 4.57 Å². The van der Waals surface area contributed by atoms with Gasteiger partial charge in [-0.1, -0.05) is 12.7 Å². The highest BCUT2D eigenvalue weighted by molar-refractivity contribution is 8.13. The van der Waals surface area contributed by atoms with Crippen LogP contribution in [0.25, 0.3) is 4.13 Å². The van der Waals surface area contributed by atoms with E-state index in [0.29, 0.717) is 0 Å². The summed E-state index contributed by atoms with van der Waals surface area (Å²) in [6.45, 7) is 6.19. The van der Waals surface area contributed by atoms with E-state index in [-0.39, 0.29) is 0 Å². The number of aromatic nitrogens is 2. The molecule has 16 heteroatoms. The zero-order chi connectivity index (χ0) is 21.5. The minimum atomic E-state index is -6.72. The molecule has 0 fully saturated rings. The highest BCUT2D eigenvalue weighted by Gasteiger charge is 2.46. The Bertz CT molecular complexity index is 772. The normalized spacial score (nSPS) is 13.0. The molecule has 0 N–H and O–H groups in total. The first-order valence-electron chi connectivity index (χ1n) is 6.59. The summed E-state index contributed by atoms with van der Waals surface area (Å²) in [5.41, 5.74) is -12.4. The highest BCUT2D eigenvalue weighted by atomic mass is 32.3. The molecule has 0 atom stereocenters. The molecule has 158 valence electrons. The first-order chi connectivity index (χ1) is 12.1. The number of imidazole rings is 1. The number of hydrogen-bond acceptors (Lipinski definition) is 5. The number of halogens is 6. The van der Waals surface area contributed by atoms with Crippen molar-refractivity contribution in [2.45, 2.75) is 24.1 Å². The van der Waals surface area contributed by atoms with Crippen LogP contribution in [0.5, 0.6) is 0 Å². The molecule has 0 aliphatic carbocycles. The lowest BCUT2D eigenvalue weighted by Crippen LogP contribution is -2.33. The van der Waals surface area contributed by atoms with Gasteiger partial charge in [0.15, 0.2) is 20.0 Å². The van der Waals surface area contributed by atoms with Crippen molar-refractivity contribution in [3.63, 3.8) is 0 Å². The maximum atomic E-state index is 11.4. The fourth-order valence-corrected chi connectivity index (χ4v) is 2.95. The van der Waals surface area contributed by atoms with Crippen molar-refractivity contribution in [1.82, 2.24) is 4.57 Å². The van der Waals surface area contributed by atoms with E-state index in [1.807, 2.05) is 24.8 Å². The van der Waals surface area contributed by atoms with Gasteiger partial charge in [0.1, 0.15) is 25.5 Å². The van der Waals surface area contributed by atoms with Crippen LogP contribution in [-0.2, 0) is 37.9 Å². The lowest BCUT2D eigenvalue weighted by atomic mass is 10.6. The molecule has 0 amide bonds. The summed E-state index contributed by atoms with van der Waals surface area (Å²) in [7, 11) is -11.7. The molecule has 1 rings (SSSR count). The Hall–Kier alpha value is -1.65. The van der Waals surface area contributed by atoms with E-state index in [1.54, 1.807) is 7.11 Å². The molecular weight excluding hydrogens is 432 g/mol. The van der Waals surface area contributed by atoms with Crippen LogP contribution in [-0.4, -0.2) is 46.1 Å². The predicted molar refractivity (Wildman–Crippen MR) is 80.0 cm³/mol. The fourth-order valence-electron chi connectivity index (χ4n) is 1.24. The van der Waals surface area contributed by atoms with Gasteiger partial charge in [-0.3, -0.25) is 0 Å². The molecule has 0 bridgehead atoms. The Morgan fingerprint density at radius 2 is 1.59 bits per heavy atom. The van der Waals surface area contributed by atoms with Gasteiger partial charge in [0.2, 0.25) is 6.33 Å². The summed E-state index contributed by atoms with van der Waals surface area (Å²) in [5.74, 6) is 0. The van der Waals surface area contributed by atoms with Gasteiger partial charge in [-0.05, 0) is 0 Å². The van der Waals surface area contributed by atoms with E-state index in [0.717, 1.165) is 23.8 Å². The topological polar surface area (TPSA) is 100 Å². The molecular formula is C11H15F6N3O5S2. The van der Waals surface area contributed by atoms with Crippen LogP contribution in [0, 0.1) is 0 Å². The second-order valence-electron chi connectivity index (χ2n) is 4.55. The summed E-state index contributed by atoms with van der Waals surface area (Å²) in [6, 6.07) is 0. The molecule has 0 radical (unpaired) electrons. The lowest BCUT2D eigenvalue weighted by Gasteiger charge is -2.22. The molecule has 0 aliphatic rings. The summed E-state index contributed by atoms with van der Waals surface area (Å²) in [4.78, 5) is 0. The molecule has 0 unspecified atom stereocenters. The standard InChI is InChI=1S/C9H15N2O.C2F6NO4S2/c1-3-4-10-5-6-11(9-10)7-8-12-2;3-1(4,5)14(10,11)9-15(12,13)2(6,7)8/h3,5-6,9H,1,4,7-8H2,2H3;/q+1;-1. The molecule has 8 nitrogen and oxygen atoms in total. The van der Waals surface area contributed by atoms with Crippen LogP contribution in [0.15, 0.2) is 31.4 Å². The van der Waals surface area contributed by atoms with E-state index in [4.69, 9.17) is 4.74 Å². The minimum Gasteiger partial charge on any atom is -0.421 e. The second-order valence-corrected chi connectivity index (χ2v) is 7.97. The first-order valence-corrected chi connectivity index (χ1v) is 9.47. The Balaban J connectivity index is 0.000000511. The monoisotopic (exact) mass is 447 g/mol.